The van der Waals surface area contributed by atoms with E-state index in [0.717, 1.165) is 16.3 Å². The third-order valence-corrected chi connectivity index (χ3v) is 4.43. The van der Waals surface area contributed by atoms with E-state index in [9.17, 15) is 4.79 Å². The molecule has 4 rings (SSSR count). The second-order valence-electron chi connectivity index (χ2n) is 5.94. The number of carbonyl (C=O) groups is 1. The van der Waals surface area contributed by atoms with Crippen LogP contribution in [0.4, 0.5) is 0 Å². The zero-order chi connectivity index (χ0) is 18.6. The molecule has 134 valence electrons. The molecule has 1 heterocycles. The molecule has 0 aliphatic heterocycles. The first-order valence-electron chi connectivity index (χ1n) is 8.46. The van der Waals surface area contributed by atoms with Crippen LogP contribution < -0.4 is 4.74 Å². The highest BCUT2D eigenvalue weighted by Gasteiger charge is 2.13. The molecule has 0 bridgehead atoms. The number of fused-ring (bicyclic) bond motifs is 1. The van der Waals surface area contributed by atoms with Crippen LogP contribution >= 0.6 is 11.6 Å². The quantitative estimate of drug-likeness (QED) is 0.358. The maximum Gasteiger partial charge on any atom is 0.311 e. The van der Waals surface area contributed by atoms with Gasteiger partial charge in [-0.1, -0.05) is 71.4 Å². The Kier molecular flexibility index (Phi) is 4.85. The summed E-state index contributed by atoms with van der Waals surface area (Å²) in [6.45, 7) is 0. The summed E-state index contributed by atoms with van der Waals surface area (Å²) in [6.07, 6.45) is 0.442. The van der Waals surface area contributed by atoms with Crippen molar-refractivity contribution >= 4 is 28.3 Å². The summed E-state index contributed by atoms with van der Waals surface area (Å²) in [5.74, 6) is 1.01. The van der Waals surface area contributed by atoms with Gasteiger partial charge in [0.2, 0.25) is 11.7 Å². The Labute approximate surface area is 160 Å². The number of rotatable bonds is 5. The van der Waals surface area contributed by atoms with Crippen molar-refractivity contribution in [1.82, 2.24) is 10.1 Å². The lowest BCUT2D eigenvalue weighted by Gasteiger charge is -2.08. The van der Waals surface area contributed by atoms with E-state index in [1.54, 1.807) is 12.1 Å². The minimum atomic E-state index is -0.373. The molecule has 0 atom stereocenters. The SMILES string of the molecule is O=C(CCc1nc(-c2ccccc2)no1)Oc1ccc(Cl)c2ccccc12. The molecule has 0 radical (unpaired) electrons. The Morgan fingerprint density at radius 3 is 2.52 bits per heavy atom. The van der Waals surface area contributed by atoms with Gasteiger partial charge in [0.1, 0.15) is 5.75 Å². The smallest absolute Gasteiger partial charge is 0.311 e. The molecule has 0 amide bonds. The average molecular weight is 379 g/mol. The molecule has 0 fully saturated rings. The molecule has 0 aliphatic carbocycles. The standard InChI is InChI=1S/C21H15ClN2O3/c22-17-10-11-18(16-9-5-4-8-15(16)17)26-20(25)13-12-19-23-21(24-27-19)14-6-2-1-3-7-14/h1-11H,12-13H2. The molecule has 0 spiro atoms. The van der Waals surface area contributed by atoms with E-state index in [1.165, 1.54) is 0 Å². The van der Waals surface area contributed by atoms with Crippen LogP contribution in [0.2, 0.25) is 5.02 Å². The number of benzene rings is 3. The van der Waals surface area contributed by atoms with Crippen LogP contribution in [-0.4, -0.2) is 16.1 Å². The topological polar surface area (TPSA) is 65.2 Å². The Morgan fingerprint density at radius 1 is 0.963 bits per heavy atom. The fourth-order valence-electron chi connectivity index (χ4n) is 2.77. The molecule has 0 N–H and O–H groups in total. The number of nitrogens with zero attached hydrogens (tertiary/aromatic N) is 2. The normalized spacial score (nSPS) is 10.9. The van der Waals surface area contributed by atoms with Gasteiger partial charge in [0.05, 0.1) is 6.42 Å². The lowest BCUT2D eigenvalue weighted by atomic mass is 10.1. The van der Waals surface area contributed by atoms with Crippen LogP contribution in [0.5, 0.6) is 5.75 Å². The second-order valence-corrected chi connectivity index (χ2v) is 6.35. The van der Waals surface area contributed by atoms with Crippen molar-refractivity contribution in [2.45, 2.75) is 12.8 Å². The van der Waals surface area contributed by atoms with E-state index in [0.29, 0.717) is 28.9 Å². The number of hydrogen-bond acceptors (Lipinski definition) is 5. The van der Waals surface area contributed by atoms with Gasteiger partial charge < -0.3 is 9.26 Å². The molecule has 3 aromatic carbocycles. The van der Waals surface area contributed by atoms with Gasteiger partial charge in [0, 0.05) is 27.8 Å². The van der Waals surface area contributed by atoms with Crippen LogP contribution in [0.25, 0.3) is 22.2 Å². The van der Waals surface area contributed by atoms with Crippen molar-refractivity contribution in [2.24, 2.45) is 0 Å². The zero-order valence-corrected chi connectivity index (χ0v) is 15.0. The van der Waals surface area contributed by atoms with Gasteiger partial charge in [0.15, 0.2) is 0 Å². The van der Waals surface area contributed by atoms with Gasteiger partial charge in [-0.3, -0.25) is 4.79 Å². The van der Waals surface area contributed by atoms with E-state index in [1.807, 2.05) is 54.6 Å². The van der Waals surface area contributed by atoms with E-state index >= 15 is 0 Å². The predicted molar refractivity (Wildman–Crippen MR) is 103 cm³/mol. The second kappa shape index (κ2) is 7.60. The van der Waals surface area contributed by atoms with Crippen molar-refractivity contribution < 1.29 is 14.1 Å². The third-order valence-electron chi connectivity index (χ3n) is 4.10. The van der Waals surface area contributed by atoms with Gasteiger partial charge in [-0.05, 0) is 12.1 Å². The predicted octanol–water partition coefficient (Wildman–Crippen LogP) is 5.08. The number of halogens is 1. The zero-order valence-electron chi connectivity index (χ0n) is 14.3. The summed E-state index contributed by atoms with van der Waals surface area (Å²) in [6, 6.07) is 20.5. The molecule has 0 saturated carbocycles. The van der Waals surface area contributed by atoms with Crippen LogP contribution in [-0.2, 0) is 11.2 Å². The van der Waals surface area contributed by atoms with E-state index in [-0.39, 0.29) is 12.4 Å². The molecular formula is C21H15ClN2O3. The van der Waals surface area contributed by atoms with Crippen LogP contribution in [0, 0.1) is 0 Å². The molecule has 0 saturated heterocycles. The third kappa shape index (κ3) is 3.83. The van der Waals surface area contributed by atoms with Gasteiger partial charge in [0.25, 0.3) is 0 Å². The highest BCUT2D eigenvalue weighted by molar-refractivity contribution is 6.35. The Morgan fingerprint density at radius 2 is 1.70 bits per heavy atom. The first kappa shape index (κ1) is 17.2. The fraction of sp³-hybridized carbons (Fsp3) is 0.0952. The molecule has 0 unspecified atom stereocenters. The van der Waals surface area contributed by atoms with Crippen molar-refractivity contribution in [3.05, 3.63) is 77.6 Å². The van der Waals surface area contributed by atoms with Gasteiger partial charge >= 0.3 is 5.97 Å². The average Bonchev–Trinajstić information content (AvgIpc) is 3.19. The van der Waals surface area contributed by atoms with Crippen LogP contribution in [0.15, 0.2) is 71.3 Å². The summed E-state index contributed by atoms with van der Waals surface area (Å²) in [7, 11) is 0. The minimum absolute atomic E-state index is 0.132. The first-order valence-corrected chi connectivity index (χ1v) is 8.84. The van der Waals surface area contributed by atoms with Crippen LogP contribution in [0.3, 0.4) is 0 Å². The number of aryl methyl sites for hydroxylation is 1. The molecule has 1 aromatic heterocycles. The summed E-state index contributed by atoms with van der Waals surface area (Å²) in [5, 5.41) is 6.20. The lowest BCUT2D eigenvalue weighted by Crippen LogP contribution is -2.09. The molecule has 0 aliphatic rings. The lowest BCUT2D eigenvalue weighted by molar-refractivity contribution is -0.134. The van der Waals surface area contributed by atoms with Gasteiger partial charge in [-0.15, -0.1) is 0 Å². The first-order chi connectivity index (χ1) is 13.2. The highest BCUT2D eigenvalue weighted by Crippen LogP contribution is 2.31. The summed E-state index contributed by atoms with van der Waals surface area (Å²) >= 11 is 6.19. The fourth-order valence-corrected chi connectivity index (χ4v) is 2.99. The Balaban J connectivity index is 1.42. The molecule has 27 heavy (non-hydrogen) atoms. The highest BCUT2D eigenvalue weighted by atomic mass is 35.5. The summed E-state index contributed by atoms with van der Waals surface area (Å²) < 4.78 is 10.7. The number of carbonyl (C=O) groups excluding carboxylic acids is 1. The maximum absolute atomic E-state index is 12.2. The van der Waals surface area contributed by atoms with Crippen LogP contribution in [0.1, 0.15) is 12.3 Å². The number of hydrogen-bond donors (Lipinski definition) is 0. The largest absolute Gasteiger partial charge is 0.426 e. The molecule has 6 heteroatoms. The number of aromatic nitrogens is 2. The van der Waals surface area contributed by atoms with E-state index < -0.39 is 0 Å². The number of esters is 1. The van der Waals surface area contributed by atoms with E-state index in [2.05, 4.69) is 10.1 Å². The van der Waals surface area contributed by atoms with Gasteiger partial charge in [-0.25, -0.2) is 0 Å². The molecule has 4 aromatic rings. The monoisotopic (exact) mass is 378 g/mol. The maximum atomic E-state index is 12.2. The minimum Gasteiger partial charge on any atom is -0.426 e. The number of ether oxygens (including phenoxy) is 1. The van der Waals surface area contributed by atoms with E-state index in [4.69, 9.17) is 20.9 Å². The Bertz CT molecular complexity index is 1090. The van der Waals surface area contributed by atoms with Crippen molar-refractivity contribution in [2.75, 3.05) is 0 Å². The molecular weight excluding hydrogens is 364 g/mol. The summed E-state index contributed by atoms with van der Waals surface area (Å²) in [5.41, 5.74) is 0.864. The molecule has 5 nitrogen and oxygen atoms in total. The van der Waals surface area contributed by atoms with Crippen molar-refractivity contribution in [1.29, 1.82) is 0 Å². The van der Waals surface area contributed by atoms with Gasteiger partial charge in [-0.2, -0.15) is 4.98 Å². The van der Waals surface area contributed by atoms with Crippen molar-refractivity contribution in [3.8, 4) is 17.1 Å². The van der Waals surface area contributed by atoms with Crippen molar-refractivity contribution in [3.63, 3.8) is 0 Å². The Hall–Kier alpha value is -3.18. The summed E-state index contributed by atoms with van der Waals surface area (Å²) in [4.78, 5) is 16.6.